The predicted molar refractivity (Wildman–Crippen MR) is 104 cm³/mol. The maximum atomic E-state index is 6.25. The average Bonchev–Trinajstić information content (AvgIpc) is 3.08. The van der Waals surface area contributed by atoms with E-state index in [0.717, 1.165) is 33.1 Å². The van der Waals surface area contributed by atoms with E-state index in [1.54, 1.807) is 4.68 Å². The van der Waals surface area contributed by atoms with Crippen molar-refractivity contribution in [1.82, 2.24) is 14.8 Å². The zero-order valence-electron chi connectivity index (χ0n) is 16.2. The quantitative estimate of drug-likeness (QED) is 0.667. The molecule has 0 aliphatic carbocycles. The first-order valence-corrected chi connectivity index (χ1v) is 8.92. The summed E-state index contributed by atoms with van der Waals surface area (Å²) in [5.41, 5.74) is 3.41. The molecule has 0 spiro atoms. The van der Waals surface area contributed by atoms with E-state index in [2.05, 4.69) is 57.9 Å². The fraction of sp³-hybridized carbons (Fsp3) is 0.400. The average molecular weight is 349 g/mol. The van der Waals surface area contributed by atoms with Gasteiger partial charge in [0.15, 0.2) is 0 Å². The molecule has 0 atom stereocenters. The second-order valence-corrected chi connectivity index (χ2v) is 8.03. The molecule has 6 heteroatoms. The number of hydrogen-bond acceptors (Lipinski definition) is 4. The molecule has 26 heavy (non-hydrogen) atoms. The minimum Gasteiger partial charge on any atom is -0.399 e. The van der Waals surface area contributed by atoms with Crippen LogP contribution in [0.25, 0.3) is 22.0 Å². The van der Waals surface area contributed by atoms with Gasteiger partial charge in [-0.3, -0.25) is 9.67 Å². The number of pyridine rings is 1. The molecule has 3 heterocycles. The van der Waals surface area contributed by atoms with Crippen LogP contribution in [0.3, 0.4) is 0 Å². The van der Waals surface area contributed by atoms with Crippen LogP contribution >= 0.6 is 0 Å². The molecule has 1 aliphatic heterocycles. The van der Waals surface area contributed by atoms with Gasteiger partial charge in [0.25, 0.3) is 0 Å². The van der Waals surface area contributed by atoms with E-state index in [4.69, 9.17) is 14.3 Å². The zero-order chi connectivity index (χ0) is 18.7. The summed E-state index contributed by atoms with van der Waals surface area (Å²) in [4.78, 5) is 4.73. The van der Waals surface area contributed by atoms with Gasteiger partial charge in [0.2, 0.25) is 0 Å². The van der Waals surface area contributed by atoms with Crippen molar-refractivity contribution in [2.24, 2.45) is 7.05 Å². The van der Waals surface area contributed by atoms with Crippen molar-refractivity contribution in [3.63, 3.8) is 0 Å². The molecule has 2 aromatic heterocycles. The topological polar surface area (TPSA) is 49.2 Å². The van der Waals surface area contributed by atoms with Gasteiger partial charge in [-0.1, -0.05) is 18.2 Å². The minimum absolute atomic E-state index is 0.363. The van der Waals surface area contributed by atoms with Crippen LogP contribution in [0.1, 0.15) is 33.3 Å². The lowest BCUT2D eigenvalue weighted by Gasteiger charge is -2.32. The summed E-state index contributed by atoms with van der Waals surface area (Å²) in [6, 6.07) is 6.25. The van der Waals surface area contributed by atoms with Crippen LogP contribution in [0.15, 0.2) is 36.8 Å². The summed E-state index contributed by atoms with van der Waals surface area (Å²) in [6.07, 6.45) is 5.75. The third-order valence-corrected chi connectivity index (χ3v) is 5.71. The largest absolute Gasteiger partial charge is 0.495 e. The Morgan fingerprint density at radius 3 is 2.31 bits per heavy atom. The van der Waals surface area contributed by atoms with E-state index in [9.17, 15) is 0 Å². The van der Waals surface area contributed by atoms with Crippen LogP contribution in [0, 0.1) is 6.92 Å². The summed E-state index contributed by atoms with van der Waals surface area (Å²) >= 11 is 0. The second kappa shape index (κ2) is 5.66. The van der Waals surface area contributed by atoms with Gasteiger partial charge in [-0.05, 0) is 51.0 Å². The molecule has 0 radical (unpaired) electrons. The van der Waals surface area contributed by atoms with Crippen molar-refractivity contribution in [1.29, 1.82) is 0 Å². The predicted octanol–water partition coefficient (Wildman–Crippen LogP) is 3.24. The molecule has 1 saturated heterocycles. The fourth-order valence-electron chi connectivity index (χ4n) is 3.42. The van der Waals surface area contributed by atoms with E-state index in [-0.39, 0.29) is 11.2 Å². The Kier molecular flexibility index (Phi) is 3.76. The number of nitrogens with zero attached hydrogens (tertiary/aromatic N) is 3. The molecule has 5 nitrogen and oxygen atoms in total. The lowest BCUT2D eigenvalue weighted by atomic mass is 9.76. The highest BCUT2D eigenvalue weighted by Gasteiger charge is 2.52. The molecule has 0 bridgehead atoms. The Hall–Kier alpha value is -2.18. The first-order chi connectivity index (χ1) is 12.2. The Morgan fingerprint density at radius 1 is 1.00 bits per heavy atom. The normalized spacial score (nSPS) is 18.6. The molecule has 0 N–H and O–H groups in total. The highest BCUT2D eigenvalue weighted by atomic mass is 16.7. The summed E-state index contributed by atoms with van der Waals surface area (Å²) in [6.45, 7) is 10.4. The Balaban J connectivity index is 1.83. The molecule has 4 rings (SSSR count). The first kappa shape index (κ1) is 17.2. The molecule has 0 unspecified atom stereocenters. The van der Waals surface area contributed by atoms with Crippen LogP contribution < -0.4 is 5.46 Å². The van der Waals surface area contributed by atoms with Gasteiger partial charge in [0.05, 0.1) is 23.1 Å². The SMILES string of the molecule is Cc1c(-c2cnn(C)c2)ncc2c(B3OC(C)(C)C(C)(C)O3)cccc12. The zero-order valence-corrected chi connectivity index (χ0v) is 16.2. The van der Waals surface area contributed by atoms with Gasteiger partial charge in [0, 0.05) is 30.4 Å². The standard InChI is InChI=1S/C20H24BN3O2/c1-13-15-8-7-9-17(21-25-19(2,3)20(4,5)26-21)16(15)11-22-18(13)14-10-23-24(6)12-14/h7-12H,1-6H3. The summed E-state index contributed by atoms with van der Waals surface area (Å²) in [5, 5.41) is 6.49. The number of aryl methyl sites for hydroxylation is 2. The van der Waals surface area contributed by atoms with E-state index >= 15 is 0 Å². The first-order valence-electron chi connectivity index (χ1n) is 8.92. The fourth-order valence-corrected chi connectivity index (χ4v) is 3.42. The summed E-state index contributed by atoms with van der Waals surface area (Å²) in [7, 11) is 1.52. The van der Waals surface area contributed by atoms with E-state index < -0.39 is 7.12 Å². The molecular weight excluding hydrogens is 325 g/mol. The Morgan fingerprint density at radius 2 is 1.69 bits per heavy atom. The van der Waals surface area contributed by atoms with Gasteiger partial charge < -0.3 is 9.31 Å². The summed E-state index contributed by atoms with van der Waals surface area (Å²) < 4.78 is 14.3. The van der Waals surface area contributed by atoms with Crippen LogP contribution in [0.2, 0.25) is 0 Å². The number of aromatic nitrogens is 3. The van der Waals surface area contributed by atoms with Crippen LogP contribution in [0.4, 0.5) is 0 Å². The van der Waals surface area contributed by atoms with Gasteiger partial charge in [0.1, 0.15) is 0 Å². The van der Waals surface area contributed by atoms with Gasteiger partial charge >= 0.3 is 7.12 Å². The lowest BCUT2D eigenvalue weighted by Crippen LogP contribution is -2.41. The molecular formula is C20H24BN3O2. The molecule has 1 aliphatic rings. The van der Waals surface area contributed by atoms with Gasteiger partial charge in [-0.25, -0.2) is 0 Å². The minimum atomic E-state index is -0.394. The number of rotatable bonds is 2. The van der Waals surface area contributed by atoms with E-state index in [0.29, 0.717) is 0 Å². The van der Waals surface area contributed by atoms with Crippen molar-refractivity contribution in [2.45, 2.75) is 45.8 Å². The highest BCUT2D eigenvalue weighted by molar-refractivity contribution is 6.65. The molecule has 3 aromatic rings. The van der Waals surface area contributed by atoms with E-state index in [1.807, 2.05) is 25.6 Å². The number of fused-ring (bicyclic) bond motifs is 1. The smallest absolute Gasteiger partial charge is 0.399 e. The molecule has 0 amide bonds. The van der Waals surface area contributed by atoms with E-state index in [1.165, 1.54) is 0 Å². The van der Waals surface area contributed by atoms with Gasteiger partial charge in [-0.15, -0.1) is 0 Å². The molecule has 1 aromatic carbocycles. The number of benzene rings is 1. The van der Waals surface area contributed by atoms with Crippen LogP contribution in [-0.2, 0) is 16.4 Å². The molecule has 134 valence electrons. The second-order valence-electron chi connectivity index (χ2n) is 8.03. The lowest BCUT2D eigenvalue weighted by molar-refractivity contribution is 0.00578. The van der Waals surface area contributed by atoms with Crippen molar-refractivity contribution in [2.75, 3.05) is 0 Å². The maximum absolute atomic E-state index is 6.25. The third-order valence-electron chi connectivity index (χ3n) is 5.71. The van der Waals surface area contributed by atoms with Crippen molar-refractivity contribution < 1.29 is 9.31 Å². The molecule has 0 saturated carbocycles. The Labute approximate surface area is 154 Å². The highest BCUT2D eigenvalue weighted by Crippen LogP contribution is 2.37. The monoisotopic (exact) mass is 349 g/mol. The van der Waals surface area contributed by atoms with Crippen LogP contribution in [0.5, 0.6) is 0 Å². The number of hydrogen-bond donors (Lipinski definition) is 0. The van der Waals surface area contributed by atoms with Crippen molar-refractivity contribution >= 4 is 23.4 Å². The molecule has 1 fully saturated rings. The Bertz CT molecular complexity index is 978. The van der Waals surface area contributed by atoms with Crippen molar-refractivity contribution in [3.8, 4) is 11.3 Å². The maximum Gasteiger partial charge on any atom is 0.495 e. The van der Waals surface area contributed by atoms with Crippen LogP contribution in [-0.4, -0.2) is 33.1 Å². The van der Waals surface area contributed by atoms with Crippen molar-refractivity contribution in [3.05, 3.63) is 42.4 Å². The van der Waals surface area contributed by atoms with Gasteiger partial charge in [-0.2, -0.15) is 5.10 Å². The third kappa shape index (κ3) is 2.56. The summed E-state index contributed by atoms with van der Waals surface area (Å²) in [5.74, 6) is 0.